The molecule has 0 aromatic heterocycles. The highest BCUT2D eigenvalue weighted by molar-refractivity contribution is 7.89. The van der Waals surface area contributed by atoms with E-state index in [-0.39, 0.29) is 29.4 Å². The van der Waals surface area contributed by atoms with Crippen LogP contribution >= 0.6 is 0 Å². The first-order valence-electron chi connectivity index (χ1n) is 8.12. The van der Waals surface area contributed by atoms with Crippen LogP contribution in [-0.2, 0) is 16.2 Å². The molecule has 152 valence electrons. The van der Waals surface area contributed by atoms with Gasteiger partial charge in [0.2, 0.25) is 10.0 Å². The molecule has 2 aromatic carbocycles. The largest absolute Gasteiger partial charge is 0.492 e. The molecular formula is C18H19F3N2O4S. The second kappa shape index (κ2) is 8.61. The highest BCUT2D eigenvalue weighted by Gasteiger charge is 2.30. The number of halogens is 3. The van der Waals surface area contributed by atoms with Crippen LogP contribution in [0.3, 0.4) is 0 Å². The van der Waals surface area contributed by atoms with E-state index in [0.29, 0.717) is 0 Å². The fourth-order valence-electron chi connectivity index (χ4n) is 2.21. The monoisotopic (exact) mass is 416 g/mol. The van der Waals surface area contributed by atoms with Gasteiger partial charge in [0, 0.05) is 19.7 Å². The molecule has 2 rings (SSSR count). The number of nitrogens with zero attached hydrogens (tertiary/aromatic N) is 1. The van der Waals surface area contributed by atoms with Gasteiger partial charge >= 0.3 is 6.18 Å². The Labute approximate surface area is 161 Å². The van der Waals surface area contributed by atoms with Crippen LogP contribution in [0.4, 0.5) is 13.2 Å². The van der Waals surface area contributed by atoms with Crippen molar-refractivity contribution in [2.45, 2.75) is 11.1 Å². The van der Waals surface area contributed by atoms with Gasteiger partial charge in [0.1, 0.15) is 12.4 Å². The third-order valence-corrected chi connectivity index (χ3v) is 5.50. The topological polar surface area (TPSA) is 75.7 Å². The smallest absolute Gasteiger partial charge is 0.416 e. The van der Waals surface area contributed by atoms with Gasteiger partial charge < -0.3 is 10.1 Å². The number of nitrogens with one attached hydrogen (secondary N) is 1. The summed E-state index contributed by atoms with van der Waals surface area (Å²) in [7, 11) is -0.909. The SMILES string of the molecule is CN(C)S(=O)(=O)c1cccc(C(=O)NCCOc2cccc(C(F)(F)F)c2)c1. The van der Waals surface area contributed by atoms with E-state index in [4.69, 9.17) is 4.74 Å². The van der Waals surface area contributed by atoms with Crippen LogP contribution in [0.1, 0.15) is 15.9 Å². The summed E-state index contributed by atoms with van der Waals surface area (Å²) in [4.78, 5) is 12.1. The molecule has 0 spiro atoms. The van der Waals surface area contributed by atoms with Crippen LogP contribution < -0.4 is 10.1 Å². The predicted octanol–water partition coefficient (Wildman–Crippen LogP) is 2.76. The lowest BCUT2D eigenvalue weighted by Crippen LogP contribution is -2.28. The molecule has 0 fully saturated rings. The van der Waals surface area contributed by atoms with Crippen LogP contribution in [-0.4, -0.2) is 45.9 Å². The number of carbonyl (C=O) groups is 1. The molecule has 0 radical (unpaired) electrons. The molecular weight excluding hydrogens is 397 g/mol. The first kappa shape index (κ1) is 21.7. The average Bonchev–Trinajstić information content (AvgIpc) is 2.64. The Bertz CT molecular complexity index is 944. The molecule has 1 N–H and O–H groups in total. The fraction of sp³-hybridized carbons (Fsp3) is 0.278. The van der Waals surface area contributed by atoms with Crippen LogP contribution in [0.2, 0.25) is 0 Å². The normalized spacial score (nSPS) is 12.1. The molecule has 0 aliphatic heterocycles. The maximum absolute atomic E-state index is 12.7. The number of rotatable bonds is 7. The highest BCUT2D eigenvalue weighted by Crippen LogP contribution is 2.31. The summed E-state index contributed by atoms with van der Waals surface area (Å²) in [6.07, 6.45) is -4.47. The van der Waals surface area contributed by atoms with Gasteiger partial charge in [-0.3, -0.25) is 4.79 Å². The molecule has 0 aliphatic carbocycles. The van der Waals surface area contributed by atoms with E-state index >= 15 is 0 Å². The summed E-state index contributed by atoms with van der Waals surface area (Å²) in [5.41, 5.74) is -0.685. The highest BCUT2D eigenvalue weighted by atomic mass is 32.2. The van der Waals surface area contributed by atoms with Gasteiger partial charge in [-0.2, -0.15) is 13.2 Å². The van der Waals surface area contributed by atoms with E-state index in [1.807, 2.05) is 0 Å². The number of benzene rings is 2. The fourth-order valence-corrected chi connectivity index (χ4v) is 3.15. The van der Waals surface area contributed by atoms with Crippen LogP contribution in [0, 0.1) is 0 Å². The lowest BCUT2D eigenvalue weighted by atomic mass is 10.2. The molecule has 0 atom stereocenters. The molecule has 0 saturated carbocycles. The number of hydrogen-bond acceptors (Lipinski definition) is 4. The quantitative estimate of drug-likeness (QED) is 0.705. The van der Waals surface area contributed by atoms with E-state index in [9.17, 15) is 26.4 Å². The zero-order valence-electron chi connectivity index (χ0n) is 15.2. The van der Waals surface area contributed by atoms with Crippen molar-refractivity contribution in [1.82, 2.24) is 9.62 Å². The maximum Gasteiger partial charge on any atom is 0.416 e. The predicted molar refractivity (Wildman–Crippen MR) is 96.6 cm³/mol. The van der Waals surface area contributed by atoms with E-state index < -0.39 is 27.7 Å². The van der Waals surface area contributed by atoms with Gasteiger partial charge in [0.05, 0.1) is 17.0 Å². The van der Waals surface area contributed by atoms with Crippen LogP contribution in [0.15, 0.2) is 53.4 Å². The van der Waals surface area contributed by atoms with Gasteiger partial charge in [-0.05, 0) is 36.4 Å². The van der Waals surface area contributed by atoms with Gasteiger partial charge in [-0.15, -0.1) is 0 Å². The molecule has 10 heteroatoms. The lowest BCUT2D eigenvalue weighted by Gasteiger charge is -2.13. The number of ether oxygens (including phenoxy) is 1. The Balaban J connectivity index is 1.93. The molecule has 28 heavy (non-hydrogen) atoms. The van der Waals surface area contributed by atoms with Gasteiger partial charge in [-0.25, -0.2) is 12.7 Å². The van der Waals surface area contributed by atoms with Gasteiger partial charge in [-0.1, -0.05) is 12.1 Å². The minimum Gasteiger partial charge on any atom is -0.492 e. The van der Waals surface area contributed by atoms with Crippen molar-refractivity contribution in [2.75, 3.05) is 27.2 Å². The Morgan fingerprint density at radius 3 is 2.43 bits per heavy atom. The third kappa shape index (κ3) is 5.46. The van der Waals surface area contributed by atoms with Crippen molar-refractivity contribution < 1.29 is 31.1 Å². The Hall–Kier alpha value is -2.59. The summed E-state index contributed by atoms with van der Waals surface area (Å²) in [5.74, 6) is -0.494. The standard InChI is InChI=1S/C18H19F3N2O4S/c1-23(2)28(25,26)16-8-3-5-13(11-16)17(24)22-9-10-27-15-7-4-6-14(12-15)18(19,20)21/h3-8,11-12H,9-10H2,1-2H3,(H,22,24). The van der Waals surface area contributed by atoms with Crippen LogP contribution in [0.25, 0.3) is 0 Å². The molecule has 0 heterocycles. The average molecular weight is 416 g/mol. The van der Waals surface area contributed by atoms with Crippen LogP contribution in [0.5, 0.6) is 5.75 Å². The first-order valence-corrected chi connectivity index (χ1v) is 9.56. The second-order valence-electron chi connectivity index (χ2n) is 5.95. The van der Waals surface area contributed by atoms with Crippen molar-refractivity contribution in [3.63, 3.8) is 0 Å². The Morgan fingerprint density at radius 2 is 1.79 bits per heavy atom. The molecule has 2 aromatic rings. The minimum absolute atomic E-state index is 0.0228. The molecule has 6 nitrogen and oxygen atoms in total. The van der Waals surface area contributed by atoms with Crippen molar-refractivity contribution in [1.29, 1.82) is 0 Å². The van der Waals surface area contributed by atoms with E-state index in [1.165, 1.54) is 50.5 Å². The Morgan fingerprint density at radius 1 is 1.11 bits per heavy atom. The maximum atomic E-state index is 12.7. The summed E-state index contributed by atoms with van der Waals surface area (Å²) < 4.78 is 68.5. The summed E-state index contributed by atoms with van der Waals surface area (Å²) in [5, 5.41) is 2.53. The second-order valence-corrected chi connectivity index (χ2v) is 8.10. The zero-order valence-corrected chi connectivity index (χ0v) is 16.0. The van der Waals surface area contributed by atoms with Crippen molar-refractivity contribution >= 4 is 15.9 Å². The van der Waals surface area contributed by atoms with Crippen molar-refractivity contribution in [2.24, 2.45) is 0 Å². The number of sulfonamides is 1. The van der Waals surface area contributed by atoms with Gasteiger partial charge in [0.15, 0.2) is 0 Å². The summed E-state index contributed by atoms with van der Waals surface area (Å²) in [6, 6.07) is 9.95. The minimum atomic E-state index is -4.47. The van der Waals surface area contributed by atoms with Gasteiger partial charge in [0.25, 0.3) is 5.91 Å². The van der Waals surface area contributed by atoms with E-state index in [1.54, 1.807) is 0 Å². The first-order chi connectivity index (χ1) is 13.0. The summed E-state index contributed by atoms with van der Waals surface area (Å²) >= 11 is 0. The number of alkyl halides is 3. The number of carbonyl (C=O) groups excluding carboxylic acids is 1. The zero-order chi connectivity index (χ0) is 20.9. The van der Waals surface area contributed by atoms with E-state index in [0.717, 1.165) is 16.4 Å². The number of amides is 1. The third-order valence-electron chi connectivity index (χ3n) is 3.69. The summed E-state index contributed by atoms with van der Waals surface area (Å²) in [6.45, 7) is -0.0253. The van der Waals surface area contributed by atoms with E-state index in [2.05, 4.69) is 5.32 Å². The van der Waals surface area contributed by atoms with Crippen molar-refractivity contribution in [3.8, 4) is 5.75 Å². The van der Waals surface area contributed by atoms with Crippen molar-refractivity contribution in [3.05, 3.63) is 59.7 Å². The number of hydrogen-bond donors (Lipinski definition) is 1. The lowest BCUT2D eigenvalue weighted by molar-refractivity contribution is -0.137. The molecule has 1 amide bonds. The molecule has 0 saturated heterocycles. The Kier molecular flexibility index (Phi) is 6.68. The molecule has 0 unspecified atom stereocenters. The molecule has 0 bridgehead atoms. The molecule has 0 aliphatic rings.